The number of halogens is 1. The van der Waals surface area contributed by atoms with Gasteiger partial charge in [0.1, 0.15) is 11.0 Å². The van der Waals surface area contributed by atoms with E-state index in [2.05, 4.69) is 15.2 Å². The maximum Gasteiger partial charge on any atom is 0.261 e. The van der Waals surface area contributed by atoms with Crippen molar-refractivity contribution in [3.63, 3.8) is 0 Å². The highest BCUT2D eigenvalue weighted by molar-refractivity contribution is 7.16. The van der Waals surface area contributed by atoms with Gasteiger partial charge in [0.25, 0.3) is 11.8 Å². The summed E-state index contributed by atoms with van der Waals surface area (Å²) in [5.41, 5.74) is 2.21. The van der Waals surface area contributed by atoms with E-state index in [0.29, 0.717) is 46.6 Å². The minimum atomic E-state index is -1.01. The van der Waals surface area contributed by atoms with Gasteiger partial charge in [0.2, 0.25) is 5.95 Å². The number of amides is 2. The molecular weight excluding hydrogens is 491 g/mol. The van der Waals surface area contributed by atoms with E-state index in [4.69, 9.17) is 9.97 Å². The van der Waals surface area contributed by atoms with E-state index in [1.807, 2.05) is 40.6 Å². The first-order valence-electron chi connectivity index (χ1n) is 12.6. The lowest BCUT2D eigenvalue weighted by Gasteiger charge is -2.39. The first kappa shape index (κ1) is 22.6. The standard InChI is InChI=1S/C27H25FN6O2S/c28-18-14-34(11-7-20(18)33-9-3-4-10-33)27-30-19-6-2-1-5-16(19)23(31-27)22-21(24(35)32-25(22)36)17-13-29-26-15(17)8-12-37-26/h1-2,5-6,8,12-13,18,20,29H,3-4,7,9-11,14H2,(H,32,35,36)/t18-,20-/m0/s1. The lowest BCUT2D eigenvalue weighted by molar-refractivity contribution is -0.122. The smallest absolute Gasteiger partial charge is 0.261 e. The van der Waals surface area contributed by atoms with E-state index in [1.165, 1.54) is 11.3 Å². The molecule has 7 rings (SSSR count). The van der Waals surface area contributed by atoms with Crippen molar-refractivity contribution >= 4 is 61.4 Å². The third-order valence-electron chi connectivity index (χ3n) is 7.73. The molecule has 2 fully saturated rings. The van der Waals surface area contributed by atoms with Gasteiger partial charge >= 0.3 is 0 Å². The number of anilines is 1. The summed E-state index contributed by atoms with van der Waals surface area (Å²) >= 11 is 1.53. The second-order valence-electron chi connectivity index (χ2n) is 9.85. The Morgan fingerprint density at radius 3 is 2.62 bits per heavy atom. The summed E-state index contributed by atoms with van der Waals surface area (Å²) in [7, 11) is 0. The Hall–Kier alpha value is -3.63. The van der Waals surface area contributed by atoms with E-state index in [0.717, 1.165) is 36.1 Å². The highest BCUT2D eigenvalue weighted by Crippen LogP contribution is 2.38. The number of benzene rings is 1. The number of para-hydroxylation sites is 1. The van der Waals surface area contributed by atoms with Crippen molar-refractivity contribution in [3.05, 3.63) is 53.2 Å². The highest BCUT2D eigenvalue weighted by atomic mass is 32.1. The van der Waals surface area contributed by atoms with Crippen molar-refractivity contribution in [1.82, 2.24) is 25.2 Å². The number of likely N-dealkylation sites (tertiary alicyclic amines) is 1. The first-order valence-corrected chi connectivity index (χ1v) is 13.5. The molecule has 0 aliphatic carbocycles. The van der Waals surface area contributed by atoms with Gasteiger partial charge in [0.05, 0.1) is 28.9 Å². The predicted octanol–water partition coefficient (Wildman–Crippen LogP) is 3.75. The number of carbonyl (C=O) groups is 2. The molecule has 8 nitrogen and oxygen atoms in total. The monoisotopic (exact) mass is 516 g/mol. The van der Waals surface area contributed by atoms with Gasteiger partial charge in [0, 0.05) is 35.1 Å². The Labute approximate surface area is 216 Å². The van der Waals surface area contributed by atoms with Crippen LogP contribution in [-0.4, -0.2) is 70.1 Å². The zero-order valence-electron chi connectivity index (χ0n) is 20.0. The maximum atomic E-state index is 15.4. The van der Waals surface area contributed by atoms with Crippen LogP contribution in [0.25, 0.3) is 32.3 Å². The molecule has 3 aromatic heterocycles. The van der Waals surface area contributed by atoms with Crippen LogP contribution < -0.4 is 10.2 Å². The average Bonchev–Trinajstić information content (AvgIpc) is 3.69. The number of hydrogen-bond donors (Lipinski definition) is 2. The molecule has 2 atom stereocenters. The Morgan fingerprint density at radius 2 is 1.78 bits per heavy atom. The van der Waals surface area contributed by atoms with Crippen molar-refractivity contribution in [3.8, 4) is 0 Å². The molecule has 0 unspecified atom stereocenters. The molecule has 2 amide bonds. The quantitative estimate of drug-likeness (QED) is 0.401. The number of rotatable bonds is 4. The Balaban J connectivity index is 1.35. The molecule has 3 aliphatic rings. The summed E-state index contributed by atoms with van der Waals surface area (Å²) in [4.78, 5) is 44.1. The van der Waals surface area contributed by atoms with Crippen molar-refractivity contribution < 1.29 is 14.0 Å². The van der Waals surface area contributed by atoms with Crippen LogP contribution in [0.3, 0.4) is 0 Å². The zero-order valence-corrected chi connectivity index (χ0v) is 20.9. The third kappa shape index (κ3) is 3.66. The zero-order chi connectivity index (χ0) is 25.1. The Morgan fingerprint density at radius 1 is 0.973 bits per heavy atom. The molecule has 188 valence electrons. The Bertz CT molecular complexity index is 1590. The average molecular weight is 517 g/mol. The van der Waals surface area contributed by atoms with Crippen LogP contribution in [0.15, 0.2) is 41.9 Å². The number of piperidine rings is 1. The fourth-order valence-corrected chi connectivity index (χ4v) is 6.72. The number of carbonyl (C=O) groups excluding carboxylic acids is 2. The van der Waals surface area contributed by atoms with E-state index in [9.17, 15) is 9.59 Å². The summed E-state index contributed by atoms with van der Waals surface area (Å²) < 4.78 is 15.4. The third-order valence-corrected chi connectivity index (χ3v) is 8.58. The van der Waals surface area contributed by atoms with Gasteiger partial charge in [-0.05, 0) is 49.9 Å². The van der Waals surface area contributed by atoms with Gasteiger partial charge in [0.15, 0.2) is 0 Å². The number of nitrogens with one attached hydrogen (secondary N) is 2. The fraction of sp³-hybridized carbons (Fsp3) is 0.333. The summed E-state index contributed by atoms with van der Waals surface area (Å²) in [6.07, 6.45) is 3.69. The number of nitrogens with zero attached hydrogens (tertiary/aromatic N) is 4. The van der Waals surface area contributed by atoms with Crippen molar-refractivity contribution in [2.75, 3.05) is 31.1 Å². The van der Waals surface area contributed by atoms with E-state index in [-0.39, 0.29) is 18.2 Å². The second-order valence-corrected chi connectivity index (χ2v) is 10.8. The topological polar surface area (TPSA) is 94.2 Å². The number of aromatic amines is 1. The second kappa shape index (κ2) is 8.74. The SMILES string of the molecule is O=C1NC(=O)C(c2c[nH]c3sccc23)=C1c1nc(N2CC[C@H](N3CCCC3)[C@@H](F)C2)nc2ccccc12. The molecule has 0 spiro atoms. The van der Waals surface area contributed by atoms with E-state index < -0.39 is 18.0 Å². The van der Waals surface area contributed by atoms with Crippen LogP contribution in [0.4, 0.5) is 10.3 Å². The molecule has 1 aromatic carbocycles. The molecule has 6 heterocycles. The summed E-state index contributed by atoms with van der Waals surface area (Å²) in [5.74, 6) is -0.563. The van der Waals surface area contributed by atoms with Gasteiger partial charge in [-0.15, -0.1) is 11.3 Å². The van der Waals surface area contributed by atoms with Crippen LogP contribution >= 0.6 is 11.3 Å². The molecule has 0 bridgehead atoms. The summed E-state index contributed by atoms with van der Waals surface area (Å²) in [5, 5.41) is 5.96. The molecular formula is C27H25FN6O2S. The van der Waals surface area contributed by atoms with E-state index >= 15 is 4.39 Å². The Kier molecular flexibility index (Phi) is 5.33. The molecule has 10 heteroatoms. The number of thiophene rings is 1. The normalized spacial score (nSPS) is 23.1. The number of H-pyrrole nitrogens is 1. The fourth-order valence-electron chi connectivity index (χ4n) is 5.95. The van der Waals surface area contributed by atoms with Crippen LogP contribution in [0.5, 0.6) is 0 Å². The summed E-state index contributed by atoms with van der Waals surface area (Å²) in [6, 6.07) is 9.29. The van der Waals surface area contributed by atoms with Gasteiger partial charge in [-0.3, -0.25) is 19.8 Å². The molecule has 2 N–H and O–H groups in total. The van der Waals surface area contributed by atoms with Crippen LogP contribution in [0.1, 0.15) is 30.5 Å². The van der Waals surface area contributed by atoms with Crippen molar-refractivity contribution in [1.29, 1.82) is 0 Å². The highest BCUT2D eigenvalue weighted by Gasteiger charge is 2.38. The predicted molar refractivity (Wildman–Crippen MR) is 142 cm³/mol. The van der Waals surface area contributed by atoms with E-state index in [1.54, 1.807) is 6.20 Å². The van der Waals surface area contributed by atoms with Crippen LogP contribution in [0.2, 0.25) is 0 Å². The lowest BCUT2D eigenvalue weighted by Crippen LogP contribution is -2.52. The van der Waals surface area contributed by atoms with Crippen molar-refractivity contribution in [2.24, 2.45) is 0 Å². The number of imide groups is 1. The molecule has 0 radical (unpaired) electrons. The summed E-state index contributed by atoms with van der Waals surface area (Å²) in [6.45, 7) is 2.74. The number of alkyl halides is 1. The van der Waals surface area contributed by atoms with Crippen LogP contribution in [-0.2, 0) is 9.59 Å². The molecule has 3 aliphatic heterocycles. The molecule has 0 saturated carbocycles. The van der Waals surface area contributed by atoms with Gasteiger partial charge in [-0.25, -0.2) is 14.4 Å². The van der Waals surface area contributed by atoms with Gasteiger partial charge < -0.3 is 9.88 Å². The minimum Gasteiger partial charge on any atom is -0.352 e. The lowest BCUT2D eigenvalue weighted by atomic mass is 9.97. The van der Waals surface area contributed by atoms with Crippen molar-refractivity contribution in [2.45, 2.75) is 31.5 Å². The first-order chi connectivity index (χ1) is 18.1. The van der Waals surface area contributed by atoms with Gasteiger partial charge in [-0.1, -0.05) is 18.2 Å². The largest absolute Gasteiger partial charge is 0.352 e. The molecule has 2 saturated heterocycles. The van der Waals surface area contributed by atoms with Crippen LogP contribution in [0, 0.1) is 0 Å². The number of aromatic nitrogens is 3. The maximum absolute atomic E-state index is 15.4. The van der Waals surface area contributed by atoms with Gasteiger partial charge in [-0.2, -0.15) is 0 Å². The number of fused-ring (bicyclic) bond motifs is 2. The minimum absolute atomic E-state index is 0.0761. The molecule has 4 aromatic rings. The number of hydrogen-bond acceptors (Lipinski definition) is 7. The molecule has 37 heavy (non-hydrogen) atoms.